The summed E-state index contributed by atoms with van der Waals surface area (Å²) in [5.41, 5.74) is -1.43. The number of hydrogen-bond donors (Lipinski definition) is 0. The topological polar surface area (TPSA) is 141 Å². The number of cyclic esters (lactones) is 1. The van der Waals surface area contributed by atoms with E-state index in [1.165, 1.54) is 28.4 Å². The van der Waals surface area contributed by atoms with Crippen molar-refractivity contribution < 1.29 is 28.5 Å². The highest BCUT2D eigenvalue weighted by Crippen LogP contribution is 2.47. The van der Waals surface area contributed by atoms with E-state index in [9.17, 15) is 4.79 Å². The van der Waals surface area contributed by atoms with Gasteiger partial charge in [-0.2, -0.15) is 19.9 Å². The third-order valence-corrected chi connectivity index (χ3v) is 4.71. The highest BCUT2D eigenvalue weighted by molar-refractivity contribution is 6.34. The van der Waals surface area contributed by atoms with Gasteiger partial charge < -0.3 is 23.7 Å². The van der Waals surface area contributed by atoms with Crippen molar-refractivity contribution in [3.8, 4) is 24.0 Å². The molecule has 13 heteroatoms. The highest BCUT2D eigenvalue weighted by Gasteiger charge is 2.55. The Morgan fingerprint density at radius 1 is 0.774 bits per heavy atom. The van der Waals surface area contributed by atoms with Crippen LogP contribution in [0.3, 0.4) is 0 Å². The van der Waals surface area contributed by atoms with Gasteiger partial charge in [0, 0.05) is 5.56 Å². The van der Waals surface area contributed by atoms with Gasteiger partial charge in [0.1, 0.15) is 0 Å². The van der Waals surface area contributed by atoms with Crippen LogP contribution in [0.25, 0.3) is 0 Å². The van der Waals surface area contributed by atoms with Gasteiger partial charge in [-0.15, -0.1) is 9.97 Å². The molecule has 0 fully saturated rings. The minimum atomic E-state index is -1.84. The fourth-order valence-corrected chi connectivity index (χ4v) is 3.31. The van der Waals surface area contributed by atoms with E-state index in [2.05, 4.69) is 29.9 Å². The lowest BCUT2D eigenvalue weighted by molar-refractivity contribution is 0.0184. The molecule has 0 N–H and O–H groups in total. The largest absolute Gasteiger partial charge is 0.467 e. The second-order valence-electron chi connectivity index (χ2n) is 6.00. The molecule has 3 aromatic rings. The van der Waals surface area contributed by atoms with Gasteiger partial charge in [-0.3, -0.25) is 0 Å². The van der Waals surface area contributed by atoms with Gasteiger partial charge in [0.15, 0.2) is 11.6 Å². The van der Waals surface area contributed by atoms with Crippen LogP contribution in [0.15, 0.2) is 18.2 Å². The van der Waals surface area contributed by atoms with Gasteiger partial charge in [0.25, 0.3) is 5.60 Å². The summed E-state index contributed by atoms with van der Waals surface area (Å²) in [6.07, 6.45) is 0. The number of rotatable bonds is 6. The SMILES string of the molecule is COc1nc(OC)nc(C2(c3nc(OC)nc(OC)n3)OC(=O)c3c(Cl)cccc32)n1. The van der Waals surface area contributed by atoms with Gasteiger partial charge in [-0.1, -0.05) is 23.7 Å². The summed E-state index contributed by atoms with van der Waals surface area (Å²) in [6.45, 7) is 0. The monoisotopic (exact) mass is 446 g/mol. The Kier molecular flexibility index (Phi) is 5.15. The Balaban J connectivity index is 2.11. The molecule has 0 spiro atoms. The first-order chi connectivity index (χ1) is 15.0. The van der Waals surface area contributed by atoms with Gasteiger partial charge in [-0.05, 0) is 6.07 Å². The van der Waals surface area contributed by atoms with Crippen LogP contribution in [-0.4, -0.2) is 64.3 Å². The van der Waals surface area contributed by atoms with Crippen molar-refractivity contribution in [3.63, 3.8) is 0 Å². The van der Waals surface area contributed by atoms with Gasteiger partial charge in [-0.25, -0.2) is 4.79 Å². The average molecular weight is 447 g/mol. The zero-order valence-corrected chi connectivity index (χ0v) is 17.5. The number of benzene rings is 1. The molecule has 1 aliphatic heterocycles. The molecule has 160 valence electrons. The second-order valence-corrected chi connectivity index (χ2v) is 6.41. The Bertz CT molecular complexity index is 1080. The van der Waals surface area contributed by atoms with Gasteiger partial charge >= 0.3 is 30.0 Å². The molecular formula is C18H15ClN6O6. The molecule has 4 rings (SSSR count). The zero-order chi connectivity index (χ0) is 22.2. The third-order valence-electron chi connectivity index (χ3n) is 4.39. The van der Waals surface area contributed by atoms with E-state index in [1.54, 1.807) is 18.2 Å². The lowest BCUT2D eigenvalue weighted by Crippen LogP contribution is -2.35. The minimum absolute atomic E-state index is 0.0825. The normalized spacial score (nSPS) is 13.9. The molecule has 0 aliphatic carbocycles. The highest BCUT2D eigenvalue weighted by atomic mass is 35.5. The van der Waals surface area contributed by atoms with E-state index >= 15 is 0 Å². The molecule has 12 nitrogen and oxygen atoms in total. The van der Waals surface area contributed by atoms with Crippen molar-refractivity contribution in [2.45, 2.75) is 5.60 Å². The molecule has 0 saturated heterocycles. The van der Waals surface area contributed by atoms with Crippen LogP contribution in [0.2, 0.25) is 5.02 Å². The fraction of sp³-hybridized carbons (Fsp3) is 0.278. The number of nitrogens with zero attached hydrogens (tertiary/aromatic N) is 6. The predicted octanol–water partition coefficient (Wildman–Crippen LogP) is 1.21. The number of hydrogen-bond acceptors (Lipinski definition) is 12. The molecule has 0 radical (unpaired) electrons. The molecule has 0 atom stereocenters. The first-order valence-electron chi connectivity index (χ1n) is 8.68. The summed E-state index contributed by atoms with van der Waals surface area (Å²) in [5, 5.41) is 0.172. The number of halogens is 1. The van der Waals surface area contributed by atoms with E-state index in [0.29, 0.717) is 5.56 Å². The van der Waals surface area contributed by atoms with Crippen LogP contribution in [0, 0.1) is 0 Å². The number of aromatic nitrogens is 6. The lowest BCUT2D eigenvalue weighted by atomic mass is 9.90. The predicted molar refractivity (Wildman–Crippen MR) is 103 cm³/mol. The summed E-state index contributed by atoms with van der Waals surface area (Å²) < 4.78 is 26.4. The van der Waals surface area contributed by atoms with E-state index in [0.717, 1.165) is 0 Å². The summed E-state index contributed by atoms with van der Waals surface area (Å²) >= 11 is 6.30. The van der Waals surface area contributed by atoms with Crippen molar-refractivity contribution in [3.05, 3.63) is 46.0 Å². The molecule has 0 bridgehead atoms. The molecule has 0 unspecified atom stereocenters. The molecule has 0 amide bonds. The Morgan fingerprint density at radius 2 is 1.23 bits per heavy atom. The van der Waals surface area contributed by atoms with Crippen molar-refractivity contribution in [1.82, 2.24) is 29.9 Å². The van der Waals surface area contributed by atoms with E-state index in [1.807, 2.05) is 0 Å². The maximum absolute atomic E-state index is 12.9. The molecule has 0 saturated carbocycles. The van der Waals surface area contributed by atoms with E-state index in [-0.39, 0.29) is 46.3 Å². The minimum Gasteiger partial charge on any atom is -0.467 e. The molecular weight excluding hydrogens is 432 g/mol. The van der Waals surface area contributed by atoms with Crippen LogP contribution in [0.4, 0.5) is 0 Å². The van der Waals surface area contributed by atoms with E-state index in [4.69, 9.17) is 35.3 Å². The van der Waals surface area contributed by atoms with Crippen molar-refractivity contribution in [2.24, 2.45) is 0 Å². The second kappa shape index (κ2) is 7.80. The average Bonchev–Trinajstić information content (AvgIpc) is 3.12. The zero-order valence-electron chi connectivity index (χ0n) is 16.7. The number of ether oxygens (including phenoxy) is 5. The maximum atomic E-state index is 12.9. The first-order valence-corrected chi connectivity index (χ1v) is 9.06. The van der Waals surface area contributed by atoms with Crippen LogP contribution in [0.5, 0.6) is 24.0 Å². The Hall–Kier alpha value is -3.80. The number of fused-ring (bicyclic) bond motifs is 1. The Labute approximate surface area is 180 Å². The van der Waals surface area contributed by atoms with Crippen molar-refractivity contribution in [1.29, 1.82) is 0 Å². The summed E-state index contributed by atoms with van der Waals surface area (Å²) in [4.78, 5) is 38.0. The Morgan fingerprint density at radius 3 is 1.65 bits per heavy atom. The molecule has 31 heavy (non-hydrogen) atoms. The quantitative estimate of drug-likeness (QED) is 0.502. The molecule has 1 aliphatic rings. The summed E-state index contributed by atoms with van der Waals surface area (Å²) in [7, 11) is 5.47. The summed E-state index contributed by atoms with van der Waals surface area (Å²) in [6, 6.07) is 4.49. The van der Waals surface area contributed by atoms with Crippen LogP contribution < -0.4 is 18.9 Å². The smallest absolute Gasteiger partial charge is 0.341 e. The van der Waals surface area contributed by atoms with Crippen LogP contribution in [0.1, 0.15) is 27.6 Å². The maximum Gasteiger partial charge on any atom is 0.341 e. The van der Waals surface area contributed by atoms with Crippen LogP contribution >= 0.6 is 11.6 Å². The van der Waals surface area contributed by atoms with E-state index < -0.39 is 11.6 Å². The fourth-order valence-electron chi connectivity index (χ4n) is 3.06. The summed E-state index contributed by atoms with van der Waals surface area (Å²) in [5.74, 6) is -0.890. The van der Waals surface area contributed by atoms with Gasteiger partial charge in [0.05, 0.1) is 39.0 Å². The first kappa shape index (κ1) is 20.5. The standard InChI is InChI=1S/C18H15ClN6O6/c1-27-14-20-12(21-15(24-14)28-2)18(13-22-16(29-3)25-17(23-13)30-4)8-6-5-7-9(19)10(8)11(26)31-18/h5-7H,1-4H3. The molecule has 3 heterocycles. The molecule has 1 aromatic carbocycles. The number of carbonyl (C=O) groups is 1. The number of carbonyl (C=O) groups excluding carboxylic acids is 1. The number of esters is 1. The van der Waals surface area contributed by atoms with Gasteiger partial charge in [0.2, 0.25) is 0 Å². The van der Waals surface area contributed by atoms with Crippen LogP contribution in [-0.2, 0) is 10.3 Å². The van der Waals surface area contributed by atoms with Crippen molar-refractivity contribution in [2.75, 3.05) is 28.4 Å². The lowest BCUT2D eigenvalue weighted by Gasteiger charge is -2.26. The number of methoxy groups -OCH3 is 4. The third kappa shape index (κ3) is 3.20. The van der Waals surface area contributed by atoms with Crippen molar-refractivity contribution >= 4 is 17.6 Å². The molecule has 2 aromatic heterocycles.